The Kier molecular flexibility index (Phi) is 5.90. The maximum absolute atomic E-state index is 12.2. The molecule has 140 valence electrons. The van der Waals surface area contributed by atoms with E-state index in [4.69, 9.17) is 5.21 Å². The number of amides is 2. The molecule has 3 N–H and O–H groups in total. The number of carbonyl (C=O) groups is 2. The summed E-state index contributed by atoms with van der Waals surface area (Å²) >= 11 is 0. The number of hydroxylamine groups is 1. The number of para-hydroxylation sites is 1. The number of hydrogen-bond donors (Lipinski definition) is 3. The molecule has 0 radical (unpaired) electrons. The number of nitrogens with zero attached hydrogens (tertiary/aromatic N) is 2. The standard InChI is InChI=1S/C19H26N4O3/c1-22-12-15(13-22)19(25)20-16-8-10-23(11-9-16)17-5-3-2-4-14(17)6-7-18(24)21-26/h2-7,15-16,26H,8-13H2,1H3,(H,20,25)(H,21,24)/b7-6+. The van der Waals surface area contributed by atoms with Gasteiger partial charge in [0.15, 0.2) is 0 Å². The van der Waals surface area contributed by atoms with Gasteiger partial charge in [0.2, 0.25) is 5.91 Å². The molecule has 2 saturated heterocycles. The predicted molar refractivity (Wildman–Crippen MR) is 99.8 cm³/mol. The molecule has 0 bridgehead atoms. The molecule has 2 amide bonds. The van der Waals surface area contributed by atoms with E-state index in [0.717, 1.165) is 50.3 Å². The number of nitrogens with one attached hydrogen (secondary N) is 2. The molecule has 0 unspecified atom stereocenters. The van der Waals surface area contributed by atoms with Crippen molar-refractivity contribution in [2.75, 3.05) is 38.1 Å². The first-order valence-electron chi connectivity index (χ1n) is 9.02. The summed E-state index contributed by atoms with van der Waals surface area (Å²) in [4.78, 5) is 27.8. The Morgan fingerprint density at radius 1 is 1.19 bits per heavy atom. The fraction of sp³-hybridized carbons (Fsp3) is 0.474. The van der Waals surface area contributed by atoms with Crippen molar-refractivity contribution in [3.63, 3.8) is 0 Å². The highest BCUT2D eigenvalue weighted by molar-refractivity contribution is 5.91. The zero-order valence-corrected chi connectivity index (χ0v) is 15.0. The van der Waals surface area contributed by atoms with Crippen LogP contribution in [0.4, 0.5) is 5.69 Å². The molecule has 3 rings (SSSR count). The van der Waals surface area contributed by atoms with Crippen LogP contribution in [-0.4, -0.2) is 61.2 Å². The zero-order chi connectivity index (χ0) is 18.5. The summed E-state index contributed by atoms with van der Waals surface area (Å²) in [5.41, 5.74) is 3.58. The van der Waals surface area contributed by atoms with E-state index in [0.29, 0.717) is 0 Å². The third kappa shape index (κ3) is 4.42. The molecule has 2 heterocycles. The van der Waals surface area contributed by atoms with Crippen molar-refractivity contribution in [3.05, 3.63) is 35.9 Å². The number of benzene rings is 1. The molecule has 2 aliphatic heterocycles. The number of likely N-dealkylation sites (tertiary alicyclic amines) is 1. The average molecular weight is 358 g/mol. The summed E-state index contributed by atoms with van der Waals surface area (Å²) in [6.07, 6.45) is 4.82. The molecule has 0 spiro atoms. The number of anilines is 1. The van der Waals surface area contributed by atoms with E-state index >= 15 is 0 Å². The Morgan fingerprint density at radius 2 is 1.88 bits per heavy atom. The van der Waals surface area contributed by atoms with E-state index in [2.05, 4.69) is 15.1 Å². The topological polar surface area (TPSA) is 84.9 Å². The van der Waals surface area contributed by atoms with Gasteiger partial charge in [-0.1, -0.05) is 18.2 Å². The van der Waals surface area contributed by atoms with Crippen LogP contribution < -0.4 is 15.7 Å². The van der Waals surface area contributed by atoms with Crippen LogP contribution in [0.25, 0.3) is 6.08 Å². The Labute approximate surface area is 153 Å². The molecular weight excluding hydrogens is 332 g/mol. The predicted octanol–water partition coefficient (Wildman–Crippen LogP) is 0.852. The van der Waals surface area contributed by atoms with E-state index in [1.165, 1.54) is 6.08 Å². The minimum atomic E-state index is -0.553. The van der Waals surface area contributed by atoms with Gasteiger partial charge in [-0.05, 0) is 37.6 Å². The van der Waals surface area contributed by atoms with Crippen LogP contribution in [0.2, 0.25) is 0 Å². The minimum Gasteiger partial charge on any atom is -0.371 e. The maximum Gasteiger partial charge on any atom is 0.267 e. The molecule has 26 heavy (non-hydrogen) atoms. The van der Waals surface area contributed by atoms with E-state index in [1.807, 2.05) is 31.3 Å². The second kappa shape index (κ2) is 8.33. The van der Waals surface area contributed by atoms with Gasteiger partial charge in [-0.2, -0.15) is 0 Å². The molecule has 2 fully saturated rings. The van der Waals surface area contributed by atoms with Crippen molar-refractivity contribution >= 4 is 23.6 Å². The lowest BCUT2D eigenvalue weighted by molar-refractivity contribution is -0.130. The van der Waals surface area contributed by atoms with E-state index < -0.39 is 5.91 Å². The second-order valence-electron chi connectivity index (χ2n) is 7.06. The summed E-state index contributed by atoms with van der Waals surface area (Å²) in [6, 6.07) is 8.09. The fourth-order valence-electron chi connectivity index (χ4n) is 3.57. The number of piperidine rings is 1. The second-order valence-corrected chi connectivity index (χ2v) is 7.06. The van der Waals surface area contributed by atoms with Crippen molar-refractivity contribution in [1.82, 2.24) is 15.7 Å². The van der Waals surface area contributed by atoms with Crippen molar-refractivity contribution < 1.29 is 14.8 Å². The smallest absolute Gasteiger partial charge is 0.267 e. The Bertz CT molecular complexity index is 677. The summed E-state index contributed by atoms with van der Waals surface area (Å²) in [5, 5.41) is 11.8. The Balaban J connectivity index is 1.55. The number of hydrogen-bond acceptors (Lipinski definition) is 5. The van der Waals surface area contributed by atoms with Crippen LogP contribution in [0.15, 0.2) is 30.3 Å². The molecule has 0 aliphatic carbocycles. The van der Waals surface area contributed by atoms with E-state index in [9.17, 15) is 9.59 Å². The van der Waals surface area contributed by atoms with Gasteiger partial charge >= 0.3 is 0 Å². The summed E-state index contributed by atoms with van der Waals surface area (Å²) in [7, 11) is 2.03. The molecule has 1 aromatic rings. The highest BCUT2D eigenvalue weighted by Gasteiger charge is 2.31. The molecule has 1 aromatic carbocycles. The lowest BCUT2D eigenvalue weighted by Gasteiger charge is -2.38. The fourth-order valence-corrected chi connectivity index (χ4v) is 3.57. The van der Waals surface area contributed by atoms with Crippen LogP contribution in [0, 0.1) is 5.92 Å². The molecule has 0 saturated carbocycles. The van der Waals surface area contributed by atoms with Crippen LogP contribution in [0.3, 0.4) is 0 Å². The van der Waals surface area contributed by atoms with Crippen LogP contribution >= 0.6 is 0 Å². The van der Waals surface area contributed by atoms with E-state index in [1.54, 1.807) is 11.6 Å². The van der Waals surface area contributed by atoms with Crippen LogP contribution in [0.1, 0.15) is 18.4 Å². The normalized spacial score (nSPS) is 19.4. The van der Waals surface area contributed by atoms with Gasteiger partial charge in [0.1, 0.15) is 0 Å². The van der Waals surface area contributed by atoms with Crippen molar-refractivity contribution in [3.8, 4) is 0 Å². The van der Waals surface area contributed by atoms with Crippen LogP contribution in [-0.2, 0) is 9.59 Å². The monoisotopic (exact) mass is 358 g/mol. The third-order valence-corrected chi connectivity index (χ3v) is 5.08. The molecular formula is C19H26N4O3. The molecule has 0 aromatic heterocycles. The third-order valence-electron chi connectivity index (χ3n) is 5.08. The summed E-state index contributed by atoms with van der Waals surface area (Å²) < 4.78 is 0. The number of rotatable bonds is 5. The average Bonchev–Trinajstić information content (AvgIpc) is 2.64. The van der Waals surface area contributed by atoms with Gasteiger partial charge < -0.3 is 15.1 Å². The van der Waals surface area contributed by atoms with Crippen molar-refractivity contribution in [1.29, 1.82) is 0 Å². The molecule has 7 nitrogen and oxygen atoms in total. The van der Waals surface area contributed by atoms with Gasteiger partial charge in [-0.3, -0.25) is 14.8 Å². The largest absolute Gasteiger partial charge is 0.371 e. The van der Waals surface area contributed by atoms with Crippen LogP contribution in [0.5, 0.6) is 0 Å². The highest BCUT2D eigenvalue weighted by Crippen LogP contribution is 2.25. The molecule has 2 aliphatic rings. The molecule has 0 atom stereocenters. The van der Waals surface area contributed by atoms with Crippen molar-refractivity contribution in [2.45, 2.75) is 18.9 Å². The minimum absolute atomic E-state index is 0.140. The first-order valence-corrected chi connectivity index (χ1v) is 9.02. The first-order chi connectivity index (χ1) is 12.6. The highest BCUT2D eigenvalue weighted by atomic mass is 16.5. The summed E-state index contributed by atoms with van der Waals surface area (Å²) in [6.45, 7) is 3.41. The summed E-state index contributed by atoms with van der Waals surface area (Å²) in [5.74, 6) is -0.232. The lowest BCUT2D eigenvalue weighted by atomic mass is 9.97. The lowest BCUT2D eigenvalue weighted by Crippen LogP contribution is -2.54. The Morgan fingerprint density at radius 3 is 2.54 bits per heavy atom. The first kappa shape index (κ1) is 18.4. The van der Waals surface area contributed by atoms with Gasteiger partial charge in [-0.15, -0.1) is 0 Å². The van der Waals surface area contributed by atoms with Crippen molar-refractivity contribution in [2.24, 2.45) is 5.92 Å². The van der Waals surface area contributed by atoms with Gasteiger partial charge in [0.05, 0.1) is 5.92 Å². The zero-order valence-electron chi connectivity index (χ0n) is 15.0. The maximum atomic E-state index is 12.2. The van der Waals surface area contributed by atoms with Gasteiger partial charge in [0, 0.05) is 44.0 Å². The SMILES string of the molecule is CN1CC(C(=O)NC2CCN(c3ccccc3/C=C/C(=O)NO)CC2)C1. The molecule has 7 heteroatoms. The van der Waals surface area contributed by atoms with E-state index in [-0.39, 0.29) is 17.9 Å². The Hall–Kier alpha value is -2.38. The number of carbonyl (C=O) groups excluding carboxylic acids is 2. The van der Waals surface area contributed by atoms with Gasteiger partial charge in [0.25, 0.3) is 5.91 Å². The van der Waals surface area contributed by atoms with Gasteiger partial charge in [-0.25, -0.2) is 5.48 Å². The quantitative estimate of drug-likeness (QED) is 0.413.